The fraction of sp³-hybridized carbons (Fsp3) is 0.486. The van der Waals surface area contributed by atoms with Crippen molar-refractivity contribution in [2.24, 2.45) is 0 Å². The Kier molecular flexibility index (Phi) is 7.71. The van der Waals surface area contributed by atoms with E-state index in [4.69, 9.17) is 14.7 Å². The number of aryl methyl sites for hydroxylation is 1. The number of piperazine rings is 1. The van der Waals surface area contributed by atoms with Crippen molar-refractivity contribution in [3.63, 3.8) is 0 Å². The number of aromatic nitrogens is 2. The molecule has 1 amide bonds. The molecule has 4 aliphatic rings. The van der Waals surface area contributed by atoms with E-state index in [9.17, 15) is 14.4 Å². The second-order valence-electron chi connectivity index (χ2n) is 12.8. The Labute approximate surface area is 258 Å². The number of halogens is 1. The molecule has 1 aliphatic carbocycles. The topological polar surface area (TPSA) is 85.6 Å². The Bertz CT molecular complexity index is 1640. The third-order valence-corrected chi connectivity index (χ3v) is 10.2. The second kappa shape index (κ2) is 11.8. The zero-order valence-electron chi connectivity index (χ0n) is 25.2. The van der Waals surface area contributed by atoms with Gasteiger partial charge in [-0.15, -0.1) is 0 Å². The number of hydrogen-bond acceptors (Lipinski definition) is 7. The maximum atomic E-state index is 13.8. The van der Waals surface area contributed by atoms with E-state index in [1.807, 2.05) is 0 Å². The van der Waals surface area contributed by atoms with Gasteiger partial charge in [-0.25, -0.2) is 4.39 Å². The standard InChI is InChI=1S/C35H39FN6O2/c1-24(36)33(43)42-20-19-40(22-27(42)13-16-37)32-30-12-11-26(29-10-4-8-25-7-2-3-9-28(25)29)21-31(30)38-34(39-32)44-23-35-14-5-17-41(35)18-6-15-35/h4,8,10-12,21,27H,1-3,5-7,9,13-15,17-20,22-23H2/t27-/m0/s1. The minimum absolute atomic E-state index is 0.0576. The highest BCUT2D eigenvalue weighted by atomic mass is 19.1. The van der Waals surface area contributed by atoms with Gasteiger partial charge in [-0.2, -0.15) is 15.2 Å². The highest BCUT2D eigenvalue weighted by Crippen LogP contribution is 2.40. The lowest BCUT2D eigenvalue weighted by Gasteiger charge is -2.41. The molecule has 2 aromatic carbocycles. The van der Waals surface area contributed by atoms with Crippen molar-refractivity contribution >= 4 is 22.6 Å². The molecule has 8 nitrogen and oxygen atoms in total. The maximum absolute atomic E-state index is 13.8. The van der Waals surface area contributed by atoms with E-state index in [2.05, 4.69) is 58.8 Å². The van der Waals surface area contributed by atoms with Crippen LogP contribution in [0, 0.1) is 11.3 Å². The molecule has 9 heteroatoms. The van der Waals surface area contributed by atoms with Crippen LogP contribution in [0.1, 0.15) is 56.1 Å². The average Bonchev–Trinajstić information content (AvgIpc) is 3.63. The number of ether oxygens (including phenoxy) is 1. The van der Waals surface area contributed by atoms with Crippen molar-refractivity contribution in [2.75, 3.05) is 44.2 Å². The summed E-state index contributed by atoms with van der Waals surface area (Å²) < 4.78 is 20.3. The van der Waals surface area contributed by atoms with E-state index < -0.39 is 17.8 Å². The molecule has 3 saturated heterocycles. The van der Waals surface area contributed by atoms with E-state index in [0.717, 1.165) is 55.2 Å². The Balaban J connectivity index is 1.27. The van der Waals surface area contributed by atoms with Crippen LogP contribution in [0.15, 0.2) is 48.8 Å². The van der Waals surface area contributed by atoms with Crippen LogP contribution in [-0.4, -0.2) is 76.6 Å². The van der Waals surface area contributed by atoms with Crippen LogP contribution < -0.4 is 9.64 Å². The minimum Gasteiger partial charge on any atom is -0.461 e. The number of benzene rings is 2. The number of amides is 1. The van der Waals surface area contributed by atoms with E-state index in [1.54, 1.807) is 0 Å². The lowest BCUT2D eigenvalue weighted by Crippen LogP contribution is -2.55. The quantitative estimate of drug-likeness (QED) is 0.330. The summed E-state index contributed by atoms with van der Waals surface area (Å²) >= 11 is 0. The zero-order valence-corrected chi connectivity index (χ0v) is 25.2. The van der Waals surface area contributed by atoms with Crippen LogP contribution in [0.3, 0.4) is 0 Å². The smallest absolute Gasteiger partial charge is 0.319 e. The summed E-state index contributed by atoms with van der Waals surface area (Å²) in [5.41, 5.74) is 6.11. The number of fused-ring (bicyclic) bond motifs is 3. The maximum Gasteiger partial charge on any atom is 0.319 e. The normalized spacial score (nSPS) is 21.1. The molecular formula is C35H39FN6O2. The van der Waals surface area contributed by atoms with Gasteiger partial charge in [0.05, 0.1) is 29.6 Å². The molecule has 0 unspecified atom stereocenters. The number of carbonyl (C=O) groups is 1. The molecule has 0 spiro atoms. The van der Waals surface area contributed by atoms with Gasteiger partial charge in [0.2, 0.25) is 0 Å². The predicted octanol–water partition coefficient (Wildman–Crippen LogP) is 5.60. The predicted molar refractivity (Wildman–Crippen MR) is 168 cm³/mol. The van der Waals surface area contributed by atoms with Crippen molar-refractivity contribution < 1.29 is 13.9 Å². The third-order valence-electron chi connectivity index (χ3n) is 10.2. The summed E-state index contributed by atoms with van der Waals surface area (Å²) in [6.45, 7) is 7.05. The van der Waals surface area contributed by atoms with Crippen LogP contribution in [0.25, 0.3) is 22.0 Å². The van der Waals surface area contributed by atoms with Crippen LogP contribution in [-0.2, 0) is 17.6 Å². The molecule has 3 fully saturated rings. The van der Waals surface area contributed by atoms with Crippen LogP contribution >= 0.6 is 0 Å². The molecule has 3 aromatic rings. The largest absolute Gasteiger partial charge is 0.461 e. The molecule has 1 atom stereocenters. The SMILES string of the molecule is C=C(F)C(=O)N1CCN(c2nc(OCC34CCCN3CCC4)nc3cc(-c4cccc5c4CCCC5)ccc23)C[C@@H]1CC#N. The molecule has 0 N–H and O–H groups in total. The molecule has 0 saturated carbocycles. The number of anilines is 1. The molecule has 0 radical (unpaired) electrons. The van der Waals surface area contributed by atoms with Gasteiger partial charge in [-0.05, 0) is 98.8 Å². The van der Waals surface area contributed by atoms with E-state index >= 15 is 0 Å². The van der Waals surface area contributed by atoms with Gasteiger partial charge in [0.1, 0.15) is 12.4 Å². The number of rotatable bonds is 7. The number of nitriles is 1. The van der Waals surface area contributed by atoms with Gasteiger partial charge >= 0.3 is 6.01 Å². The third kappa shape index (κ3) is 5.19. The van der Waals surface area contributed by atoms with Crippen LogP contribution in [0.5, 0.6) is 6.01 Å². The molecule has 0 bridgehead atoms. The summed E-state index contributed by atoms with van der Waals surface area (Å²) in [6, 6.07) is 15.0. The van der Waals surface area contributed by atoms with Gasteiger partial charge in [-0.3, -0.25) is 9.69 Å². The van der Waals surface area contributed by atoms with Gasteiger partial charge in [0, 0.05) is 25.0 Å². The van der Waals surface area contributed by atoms with E-state index in [1.165, 1.54) is 47.3 Å². The summed E-state index contributed by atoms with van der Waals surface area (Å²) in [6.07, 6.45) is 9.35. The van der Waals surface area contributed by atoms with Gasteiger partial charge in [0.15, 0.2) is 5.83 Å². The number of nitrogens with zero attached hydrogens (tertiary/aromatic N) is 6. The van der Waals surface area contributed by atoms with Gasteiger partial charge < -0.3 is 14.5 Å². The first-order valence-electron chi connectivity index (χ1n) is 16.0. The molecule has 1 aromatic heterocycles. The van der Waals surface area contributed by atoms with Crippen molar-refractivity contribution in [1.82, 2.24) is 19.8 Å². The zero-order chi connectivity index (χ0) is 30.3. The molecule has 228 valence electrons. The van der Waals surface area contributed by atoms with Crippen LogP contribution in [0.4, 0.5) is 10.2 Å². The summed E-state index contributed by atoms with van der Waals surface area (Å²) in [5.74, 6) is -1.05. The van der Waals surface area contributed by atoms with Gasteiger partial charge in [-0.1, -0.05) is 30.8 Å². The van der Waals surface area contributed by atoms with E-state index in [0.29, 0.717) is 31.5 Å². The van der Waals surface area contributed by atoms with Crippen molar-refractivity contribution in [2.45, 2.75) is 69.4 Å². The monoisotopic (exact) mass is 594 g/mol. The summed E-state index contributed by atoms with van der Waals surface area (Å²) in [5, 5.41) is 10.4. The fourth-order valence-corrected chi connectivity index (χ4v) is 8.03. The summed E-state index contributed by atoms with van der Waals surface area (Å²) in [7, 11) is 0. The fourth-order valence-electron chi connectivity index (χ4n) is 8.03. The summed E-state index contributed by atoms with van der Waals surface area (Å²) in [4.78, 5) is 28.5. The Morgan fingerprint density at radius 1 is 1.07 bits per heavy atom. The lowest BCUT2D eigenvalue weighted by atomic mass is 9.86. The molecule has 3 aliphatic heterocycles. The van der Waals surface area contributed by atoms with Crippen LogP contribution in [0.2, 0.25) is 0 Å². The van der Waals surface area contributed by atoms with E-state index in [-0.39, 0.29) is 18.5 Å². The van der Waals surface area contributed by atoms with Gasteiger partial charge in [0.25, 0.3) is 5.91 Å². The highest BCUT2D eigenvalue weighted by molar-refractivity contribution is 5.94. The molecule has 44 heavy (non-hydrogen) atoms. The highest BCUT2D eigenvalue weighted by Gasteiger charge is 2.45. The first-order valence-corrected chi connectivity index (χ1v) is 16.0. The Hall–Kier alpha value is -4.03. The van der Waals surface area contributed by atoms with Crippen molar-refractivity contribution in [3.8, 4) is 23.2 Å². The van der Waals surface area contributed by atoms with Crippen molar-refractivity contribution in [1.29, 1.82) is 5.26 Å². The second-order valence-corrected chi connectivity index (χ2v) is 12.8. The molecular weight excluding hydrogens is 555 g/mol. The Morgan fingerprint density at radius 2 is 1.89 bits per heavy atom. The Morgan fingerprint density at radius 3 is 2.68 bits per heavy atom. The first kappa shape index (κ1) is 28.7. The number of hydrogen-bond donors (Lipinski definition) is 0. The first-order chi connectivity index (χ1) is 21.5. The minimum atomic E-state index is -1.01. The molecule has 4 heterocycles. The number of carbonyl (C=O) groups excluding carboxylic acids is 1. The lowest BCUT2D eigenvalue weighted by molar-refractivity contribution is -0.131. The molecule has 7 rings (SSSR count). The van der Waals surface area contributed by atoms with Crippen molar-refractivity contribution in [3.05, 3.63) is 59.9 Å². The average molecular weight is 595 g/mol.